The second-order valence-corrected chi connectivity index (χ2v) is 8.64. The first kappa shape index (κ1) is 20.9. The van der Waals surface area contributed by atoms with Crippen LogP contribution < -0.4 is 14.4 Å². The maximum Gasteiger partial charge on any atom is 0.338 e. The van der Waals surface area contributed by atoms with Crippen LogP contribution in [0.4, 0.5) is 11.4 Å². The number of hydrogen-bond acceptors (Lipinski definition) is 6. The van der Waals surface area contributed by atoms with Crippen molar-refractivity contribution in [3.63, 3.8) is 0 Å². The fraction of sp³-hybridized carbons (Fsp3) is 0.263. The molecule has 0 unspecified atom stereocenters. The van der Waals surface area contributed by atoms with Gasteiger partial charge in [0.05, 0.1) is 30.7 Å². The second-order valence-electron chi connectivity index (χ2n) is 6.30. The molecule has 0 saturated carbocycles. The zero-order valence-electron chi connectivity index (χ0n) is 15.7. The van der Waals surface area contributed by atoms with Gasteiger partial charge in [-0.05, 0) is 49.4 Å². The maximum absolute atomic E-state index is 12.7. The molecule has 1 atom stereocenters. The van der Waals surface area contributed by atoms with Crippen LogP contribution in [0.25, 0.3) is 0 Å². The number of carbonyl (C=O) groups is 2. The van der Waals surface area contributed by atoms with E-state index in [0.717, 1.165) is 10.6 Å². The smallest absolute Gasteiger partial charge is 0.338 e. The standard InChI is InChI=1S/C19H19ClN2O6S/c1-3-27-19(24)12-4-7-14(8-5-12)21-18(23)17-11-22(29(2,25)26)15-10-13(20)6-9-16(15)28-17/h4-10,17H,3,11H2,1-2H3,(H,21,23)/t17-/m1/s1. The molecule has 1 aliphatic heterocycles. The van der Waals surface area contributed by atoms with E-state index < -0.39 is 28.0 Å². The van der Waals surface area contributed by atoms with Crippen LogP contribution in [0.15, 0.2) is 42.5 Å². The van der Waals surface area contributed by atoms with Gasteiger partial charge in [-0.15, -0.1) is 0 Å². The first-order chi connectivity index (χ1) is 13.7. The summed E-state index contributed by atoms with van der Waals surface area (Å²) in [6, 6.07) is 10.7. The molecule has 1 N–H and O–H groups in total. The minimum absolute atomic E-state index is 0.196. The van der Waals surface area contributed by atoms with Gasteiger partial charge in [-0.25, -0.2) is 13.2 Å². The van der Waals surface area contributed by atoms with E-state index in [1.165, 1.54) is 24.3 Å². The molecule has 1 amide bonds. The van der Waals surface area contributed by atoms with Gasteiger partial charge in [0.15, 0.2) is 6.10 Å². The van der Waals surface area contributed by atoms with Crippen LogP contribution in [0.1, 0.15) is 17.3 Å². The lowest BCUT2D eigenvalue weighted by molar-refractivity contribution is -0.122. The SMILES string of the molecule is CCOC(=O)c1ccc(NC(=O)[C@H]2CN(S(C)(=O)=O)c3cc(Cl)ccc3O2)cc1. The third-order valence-electron chi connectivity index (χ3n) is 4.15. The van der Waals surface area contributed by atoms with Crippen molar-refractivity contribution in [3.8, 4) is 5.75 Å². The molecule has 0 fully saturated rings. The highest BCUT2D eigenvalue weighted by Gasteiger charge is 2.35. The summed E-state index contributed by atoms with van der Waals surface area (Å²) >= 11 is 5.96. The van der Waals surface area contributed by atoms with Crippen molar-refractivity contribution < 1.29 is 27.5 Å². The summed E-state index contributed by atoms with van der Waals surface area (Å²) in [5, 5.41) is 3.01. The fourth-order valence-corrected chi connectivity index (χ4v) is 3.87. The van der Waals surface area contributed by atoms with Gasteiger partial charge in [0.25, 0.3) is 5.91 Å². The molecule has 8 nitrogen and oxygen atoms in total. The predicted molar refractivity (Wildman–Crippen MR) is 109 cm³/mol. The second kappa shape index (κ2) is 8.30. The summed E-state index contributed by atoms with van der Waals surface area (Å²) in [6.45, 7) is 1.78. The van der Waals surface area contributed by atoms with Gasteiger partial charge in [-0.1, -0.05) is 11.6 Å². The van der Waals surface area contributed by atoms with Gasteiger partial charge in [-0.3, -0.25) is 9.10 Å². The maximum atomic E-state index is 12.7. The van der Waals surface area contributed by atoms with Crippen molar-refractivity contribution in [2.45, 2.75) is 13.0 Å². The molecular weight excluding hydrogens is 420 g/mol. The highest BCUT2D eigenvalue weighted by Crippen LogP contribution is 2.37. The Morgan fingerprint density at radius 3 is 2.55 bits per heavy atom. The van der Waals surface area contributed by atoms with Crippen LogP contribution in [0.2, 0.25) is 5.02 Å². The molecule has 1 aliphatic rings. The Bertz CT molecular complexity index is 1040. The molecule has 2 aromatic rings. The number of esters is 1. The number of hydrogen-bond donors (Lipinski definition) is 1. The lowest BCUT2D eigenvalue weighted by Gasteiger charge is -2.34. The molecule has 154 valence electrons. The van der Waals surface area contributed by atoms with Crippen molar-refractivity contribution in [3.05, 3.63) is 53.1 Å². The number of anilines is 2. The molecule has 0 radical (unpaired) electrons. The monoisotopic (exact) mass is 438 g/mol. The molecule has 1 heterocycles. The van der Waals surface area contributed by atoms with E-state index in [0.29, 0.717) is 16.3 Å². The molecule has 0 bridgehead atoms. The molecular formula is C19H19ClN2O6S. The minimum atomic E-state index is -3.65. The zero-order valence-corrected chi connectivity index (χ0v) is 17.3. The number of sulfonamides is 1. The van der Waals surface area contributed by atoms with E-state index in [1.807, 2.05) is 0 Å². The van der Waals surface area contributed by atoms with E-state index in [9.17, 15) is 18.0 Å². The Balaban J connectivity index is 1.78. The van der Waals surface area contributed by atoms with Gasteiger partial charge in [0.2, 0.25) is 10.0 Å². The molecule has 0 aliphatic carbocycles. The number of fused-ring (bicyclic) bond motifs is 1. The number of nitrogens with one attached hydrogen (secondary N) is 1. The number of benzene rings is 2. The number of carbonyl (C=O) groups excluding carboxylic acids is 2. The Morgan fingerprint density at radius 1 is 1.24 bits per heavy atom. The summed E-state index contributed by atoms with van der Waals surface area (Å²) in [5.74, 6) is -0.743. The molecule has 29 heavy (non-hydrogen) atoms. The lowest BCUT2D eigenvalue weighted by atomic mass is 10.2. The van der Waals surface area contributed by atoms with Gasteiger partial charge in [-0.2, -0.15) is 0 Å². The first-order valence-corrected chi connectivity index (χ1v) is 10.9. The topological polar surface area (TPSA) is 102 Å². The van der Waals surface area contributed by atoms with Crippen molar-refractivity contribution in [2.24, 2.45) is 0 Å². The van der Waals surface area contributed by atoms with E-state index >= 15 is 0 Å². The zero-order chi connectivity index (χ0) is 21.2. The lowest BCUT2D eigenvalue weighted by Crippen LogP contribution is -2.48. The molecule has 2 aromatic carbocycles. The third kappa shape index (κ3) is 4.80. The predicted octanol–water partition coefficient (Wildman–Crippen LogP) is 2.68. The first-order valence-electron chi connectivity index (χ1n) is 8.71. The summed E-state index contributed by atoms with van der Waals surface area (Å²) in [6.07, 6.45) is -0.0188. The highest BCUT2D eigenvalue weighted by molar-refractivity contribution is 7.92. The van der Waals surface area contributed by atoms with Crippen LogP contribution in [0.3, 0.4) is 0 Å². The highest BCUT2D eigenvalue weighted by atomic mass is 35.5. The summed E-state index contributed by atoms with van der Waals surface area (Å²) in [4.78, 5) is 24.4. The molecule has 0 spiro atoms. The normalized spacial score (nSPS) is 15.8. The third-order valence-corrected chi connectivity index (χ3v) is 5.53. The fourth-order valence-electron chi connectivity index (χ4n) is 2.80. The van der Waals surface area contributed by atoms with Crippen molar-refractivity contribution in [2.75, 3.05) is 29.0 Å². The van der Waals surface area contributed by atoms with Crippen LogP contribution in [-0.2, 0) is 19.6 Å². The minimum Gasteiger partial charge on any atom is -0.476 e. The average Bonchev–Trinajstić information content (AvgIpc) is 2.67. The summed E-state index contributed by atoms with van der Waals surface area (Å²) in [5.41, 5.74) is 1.06. The van der Waals surface area contributed by atoms with Gasteiger partial charge in [0, 0.05) is 10.7 Å². The van der Waals surface area contributed by atoms with E-state index in [-0.39, 0.29) is 24.6 Å². The summed E-state index contributed by atoms with van der Waals surface area (Å²) in [7, 11) is -3.65. The van der Waals surface area contributed by atoms with Crippen LogP contribution >= 0.6 is 11.6 Å². The van der Waals surface area contributed by atoms with Crippen LogP contribution in [0, 0.1) is 0 Å². The van der Waals surface area contributed by atoms with Gasteiger partial charge < -0.3 is 14.8 Å². The number of rotatable bonds is 5. The Kier molecular flexibility index (Phi) is 5.99. The molecule has 10 heteroatoms. The Morgan fingerprint density at radius 2 is 1.93 bits per heavy atom. The van der Waals surface area contributed by atoms with Gasteiger partial charge >= 0.3 is 5.97 Å². The van der Waals surface area contributed by atoms with Crippen molar-refractivity contribution in [1.82, 2.24) is 0 Å². The van der Waals surface area contributed by atoms with E-state index in [1.54, 1.807) is 25.1 Å². The van der Waals surface area contributed by atoms with Crippen molar-refractivity contribution in [1.29, 1.82) is 0 Å². The summed E-state index contributed by atoms with van der Waals surface area (Å²) < 4.78 is 36.1. The quantitative estimate of drug-likeness (QED) is 0.720. The molecule has 0 aromatic heterocycles. The number of nitrogens with zero attached hydrogens (tertiary/aromatic N) is 1. The van der Waals surface area contributed by atoms with Gasteiger partial charge in [0.1, 0.15) is 5.75 Å². The van der Waals surface area contributed by atoms with Crippen LogP contribution in [0.5, 0.6) is 5.75 Å². The molecule has 0 saturated heterocycles. The number of ether oxygens (including phenoxy) is 2. The van der Waals surface area contributed by atoms with E-state index in [4.69, 9.17) is 21.1 Å². The average molecular weight is 439 g/mol. The van der Waals surface area contributed by atoms with Crippen LogP contribution in [-0.4, -0.2) is 45.8 Å². The Labute approximate surface area is 173 Å². The Hall–Kier alpha value is -2.78. The number of halogens is 1. The number of amides is 1. The largest absolute Gasteiger partial charge is 0.476 e. The molecule has 3 rings (SSSR count). The van der Waals surface area contributed by atoms with E-state index in [2.05, 4.69) is 5.32 Å². The van der Waals surface area contributed by atoms with Crippen molar-refractivity contribution >= 4 is 44.9 Å².